The van der Waals surface area contributed by atoms with Gasteiger partial charge < -0.3 is 9.88 Å². The topological polar surface area (TPSA) is 59.8 Å². The van der Waals surface area contributed by atoms with Gasteiger partial charge in [-0.05, 0) is 31.9 Å². The van der Waals surface area contributed by atoms with Crippen molar-refractivity contribution >= 4 is 23.4 Å². The lowest BCUT2D eigenvalue weighted by molar-refractivity contribution is -0.115. The van der Waals surface area contributed by atoms with Crippen LogP contribution in [0.1, 0.15) is 50.8 Å². The van der Waals surface area contributed by atoms with Gasteiger partial charge in [-0.3, -0.25) is 4.79 Å². The third kappa shape index (κ3) is 4.79. The van der Waals surface area contributed by atoms with E-state index < -0.39 is 16.9 Å². The van der Waals surface area contributed by atoms with E-state index in [1.165, 1.54) is 37.1 Å². The Morgan fingerprint density at radius 2 is 2.07 bits per heavy atom. The van der Waals surface area contributed by atoms with Gasteiger partial charge in [0.25, 0.3) is 0 Å². The molecule has 0 radical (unpaired) electrons. The summed E-state index contributed by atoms with van der Waals surface area (Å²) in [4.78, 5) is 12.5. The Balaban J connectivity index is 1.70. The summed E-state index contributed by atoms with van der Waals surface area (Å²) in [6.07, 6.45) is 7.65. The van der Waals surface area contributed by atoms with Crippen molar-refractivity contribution in [1.29, 1.82) is 0 Å². The van der Waals surface area contributed by atoms with Crippen molar-refractivity contribution in [2.75, 3.05) is 5.32 Å². The van der Waals surface area contributed by atoms with Crippen LogP contribution in [0, 0.1) is 11.6 Å². The Kier molecular flexibility index (Phi) is 6.83. The van der Waals surface area contributed by atoms with Gasteiger partial charge in [-0.15, -0.1) is 16.8 Å². The van der Waals surface area contributed by atoms with Crippen molar-refractivity contribution in [1.82, 2.24) is 14.8 Å². The lowest BCUT2D eigenvalue weighted by atomic mass is 9.89. The number of rotatable bonds is 7. The predicted molar refractivity (Wildman–Crippen MR) is 106 cm³/mol. The van der Waals surface area contributed by atoms with Gasteiger partial charge in [0.15, 0.2) is 16.8 Å². The van der Waals surface area contributed by atoms with E-state index in [2.05, 4.69) is 22.1 Å². The molecule has 3 rings (SSSR count). The first kappa shape index (κ1) is 20.5. The number of thioether (sulfide) groups is 1. The highest BCUT2D eigenvalue weighted by Gasteiger charge is 2.25. The normalized spacial score (nSPS) is 16.0. The Bertz CT molecular complexity index is 849. The first-order valence-corrected chi connectivity index (χ1v) is 10.3. The lowest BCUT2D eigenvalue weighted by Crippen LogP contribution is -2.23. The van der Waals surface area contributed by atoms with Crippen molar-refractivity contribution in [3.63, 3.8) is 0 Å². The van der Waals surface area contributed by atoms with Crippen molar-refractivity contribution in [3.8, 4) is 0 Å². The Labute approximate surface area is 167 Å². The number of carbonyl (C=O) groups is 1. The van der Waals surface area contributed by atoms with E-state index in [0.29, 0.717) is 17.6 Å². The number of aromatic nitrogens is 3. The predicted octanol–water partition coefficient (Wildman–Crippen LogP) is 4.91. The highest BCUT2D eigenvalue weighted by Crippen LogP contribution is 2.34. The highest BCUT2D eigenvalue weighted by atomic mass is 32.2. The van der Waals surface area contributed by atoms with Crippen molar-refractivity contribution in [2.24, 2.45) is 0 Å². The van der Waals surface area contributed by atoms with Crippen LogP contribution in [-0.4, -0.2) is 25.9 Å². The van der Waals surface area contributed by atoms with E-state index in [1.54, 1.807) is 13.0 Å². The molecule has 1 heterocycles. The number of hydrogen-bond acceptors (Lipinski definition) is 4. The summed E-state index contributed by atoms with van der Waals surface area (Å²) in [5, 5.41) is 11.5. The second kappa shape index (κ2) is 9.32. The fraction of sp³-hybridized carbons (Fsp3) is 0.450. The minimum atomic E-state index is -0.999. The van der Waals surface area contributed by atoms with E-state index >= 15 is 0 Å². The summed E-state index contributed by atoms with van der Waals surface area (Å²) in [5.41, 5.74) is 0.215. The molecule has 150 valence electrons. The molecule has 0 aliphatic heterocycles. The summed E-state index contributed by atoms with van der Waals surface area (Å²) in [7, 11) is 0. The van der Waals surface area contributed by atoms with Crippen molar-refractivity contribution < 1.29 is 13.6 Å². The number of hydrogen-bond donors (Lipinski definition) is 1. The van der Waals surface area contributed by atoms with Crippen LogP contribution in [0.2, 0.25) is 0 Å². The quantitative estimate of drug-likeness (QED) is 0.524. The van der Waals surface area contributed by atoms with Crippen LogP contribution in [0.3, 0.4) is 0 Å². The molecule has 1 fully saturated rings. The van der Waals surface area contributed by atoms with Gasteiger partial charge in [-0.2, -0.15) is 0 Å². The SMILES string of the molecule is C=CCn1c(S[C@H](C)C(=O)Nc2ccc(F)c(F)c2)nnc1C1CCCCC1. The molecule has 1 amide bonds. The molecule has 8 heteroatoms. The zero-order valence-corrected chi connectivity index (χ0v) is 16.6. The average Bonchev–Trinajstić information content (AvgIpc) is 3.08. The van der Waals surface area contributed by atoms with E-state index in [9.17, 15) is 13.6 Å². The van der Waals surface area contributed by atoms with Gasteiger partial charge in [-0.25, -0.2) is 8.78 Å². The van der Waals surface area contributed by atoms with Crippen LogP contribution in [-0.2, 0) is 11.3 Å². The summed E-state index contributed by atoms with van der Waals surface area (Å²) in [6.45, 7) is 6.14. The number of amides is 1. The van der Waals surface area contributed by atoms with E-state index in [-0.39, 0.29) is 11.6 Å². The molecule has 1 N–H and O–H groups in total. The summed E-state index contributed by atoms with van der Waals surface area (Å²) >= 11 is 1.29. The maximum Gasteiger partial charge on any atom is 0.237 e. The number of allylic oxidation sites excluding steroid dienone is 1. The molecule has 1 aromatic carbocycles. The fourth-order valence-corrected chi connectivity index (χ4v) is 4.25. The third-order valence-corrected chi connectivity index (χ3v) is 5.95. The smallest absolute Gasteiger partial charge is 0.237 e. The first-order chi connectivity index (χ1) is 13.5. The number of nitrogens with zero attached hydrogens (tertiary/aromatic N) is 3. The monoisotopic (exact) mass is 406 g/mol. The van der Waals surface area contributed by atoms with Crippen molar-refractivity contribution in [3.05, 3.63) is 48.3 Å². The number of carbonyl (C=O) groups excluding carboxylic acids is 1. The van der Waals surface area contributed by atoms with Crippen LogP contribution in [0.4, 0.5) is 14.5 Å². The molecule has 2 aromatic rings. The molecule has 1 aromatic heterocycles. The maximum atomic E-state index is 13.3. The second-order valence-electron chi connectivity index (χ2n) is 6.95. The summed E-state index contributed by atoms with van der Waals surface area (Å²) in [6, 6.07) is 3.28. The lowest BCUT2D eigenvalue weighted by Gasteiger charge is -2.21. The number of halogens is 2. The van der Waals surface area contributed by atoms with Crippen molar-refractivity contribution in [2.45, 2.75) is 61.9 Å². The molecule has 5 nitrogen and oxygen atoms in total. The highest BCUT2D eigenvalue weighted by molar-refractivity contribution is 8.00. The molecular weight excluding hydrogens is 382 g/mol. The molecule has 1 aliphatic carbocycles. The molecule has 1 aliphatic rings. The maximum absolute atomic E-state index is 13.3. The number of nitrogens with one attached hydrogen (secondary N) is 1. The van der Waals surface area contributed by atoms with Crippen LogP contribution in [0.5, 0.6) is 0 Å². The Morgan fingerprint density at radius 1 is 1.32 bits per heavy atom. The zero-order chi connectivity index (χ0) is 20.1. The molecule has 1 saturated carbocycles. The Hall–Kier alpha value is -2.22. The zero-order valence-electron chi connectivity index (χ0n) is 15.8. The van der Waals surface area contributed by atoms with E-state index in [1.807, 2.05) is 4.57 Å². The van der Waals surface area contributed by atoms with E-state index in [0.717, 1.165) is 30.8 Å². The van der Waals surface area contributed by atoms with Crippen LogP contribution < -0.4 is 5.32 Å². The second-order valence-corrected chi connectivity index (χ2v) is 8.26. The van der Waals surface area contributed by atoms with Gasteiger partial charge in [0.05, 0.1) is 5.25 Å². The largest absolute Gasteiger partial charge is 0.325 e. The molecular formula is C20H24F2N4OS. The minimum absolute atomic E-state index is 0.215. The van der Waals surface area contributed by atoms with Crippen LogP contribution in [0.25, 0.3) is 0 Å². The minimum Gasteiger partial charge on any atom is -0.325 e. The summed E-state index contributed by atoms with van der Waals surface area (Å²) < 4.78 is 28.4. The molecule has 0 unspecified atom stereocenters. The molecule has 0 saturated heterocycles. The third-order valence-electron chi connectivity index (χ3n) is 4.87. The Morgan fingerprint density at radius 3 is 2.75 bits per heavy atom. The number of benzene rings is 1. The van der Waals surface area contributed by atoms with Gasteiger partial charge in [0.1, 0.15) is 5.82 Å². The molecule has 28 heavy (non-hydrogen) atoms. The average molecular weight is 407 g/mol. The fourth-order valence-electron chi connectivity index (χ4n) is 3.38. The van der Waals surface area contributed by atoms with Crippen LogP contribution in [0.15, 0.2) is 36.0 Å². The molecule has 1 atom stereocenters. The summed E-state index contributed by atoms with van der Waals surface area (Å²) in [5.74, 6) is -0.922. The molecule has 0 bridgehead atoms. The van der Waals surface area contributed by atoms with Gasteiger partial charge in [0, 0.05) is 24.2 Å². The first-order valence-electron chi connectivity index (χ1n) is 9.46. The standard InChI is InChI=1S/C20H24F2N4OS/c1-3-11-26-18(14-7-5-4-6-8-14)24-25-20(26)28-13(2)19(27)23-15-9-10-16(21)17(22)12-15/h3,9-10,12-14H,1,4-8,11H2,2H3,(H,23,27)/t13-/m1/s1. The number of anilines is 1. The molecule has 0 spiro atoms. The van der Waals surface area contributed by atoms with Gasteiger partial charge in [0.2, 0.25) is 5.91 Å². The van der Waals surface area contributed by atoms with Gasteiger partial charge in [-0.1, -0.05) is 37.1 Å². The van der Waals surface area contributed by atoms with E-state index in [4.69, 9.17) is 0 Å². The van der Waals surface area contributed by atoms with Crippen LogP contribution >= 0.6 is 11.8 Å². The van der Waals surface area contributed by atoms with Gasteiger partial charge >= 0.3 is 0 Å².